The first-order chi connectivity index (χ1) is 17.5. The summed E-state index contributed by atoms with van der Waals surface area (Å²) < 4.78 is 30.8. The van der Waals surface area contributed by atoms with Crippen LogP contribution in [0.2, 0.25) is 0 Å². The minimum absolute atomic E-state index is 0.00548. The van der Waals surface area contributed by atoms with Gasteiger partial charge in [0.2, 0.25) is 5.91 Å². The highest BCUT2D eigenvalue weighted by Gasteiger charge is 2.52. The zero-order valence-corrected chi connectivity index (χ0v) is 22.0. The van der Waals surface area contributed by atoms with E-state index in [0.717, 1.165) is 37.7 Å². The maximum absolute atomic E-state index is 13.3. The van der Waals surface area contributed by atoms with Gasteiger partial charge in [-0.25, -0.2) is 13.6 Å². The van der Waals surface area contributed by atoms with Gasteiger partial charge >= 0.3 is 6.09 Å². The molecule has 0 radical (unpaired) electrons. The van der Waals surface area contributed by atoms with Gasteiger partial charge in [0, 0.05) is 12.5 Å². The van der Waals surface area contributed by atoms with Crippen molar-refractivity contribution < 1.29 is 23.1 Å². The van der Waals surface area contributed by atoms with Gasteiger partial charge in [0.15, 0.2) is 0 Å². The number of carbonyl (C=O) groups is 2. The third-order valence-corrected chi connectivity index (χ3v) is 7.81. The van der Waals surface area contributed by atoms with E-state index in [4.69, 9.17) is 4.74 Å². The molecule has 3 aliphatic rings. The van der Waals surface area contributed by atoms with Crippen molar-refractivity contribution in [1.29, 1.82) is 5.26 Å². The van der Waals surface area contributed by atoms with Crippen molar-refractivity contribution >= 4 is 12.0 Å². The largest absolute Gasteiger partial charge is 0.444 e. The van der Waals surface area contributed by atoms with Crippen LogP contribution >= 0.6 is 0 Å². The number of nitrogens with one attached hydrogen (secondary N) is 1. The Kier molecular flexibility index (Phi) is 8.37. The number of likely N-dealkylation sites (tertiary alicyclic amines) is 2. The number of rotatable bonds is 7. The van der Waals surface area contributed by atoms with Crippen molar-refractivity contribution in [1.82, 2.24) is 15.1 Å². The molecule has 9 heteroatoms. The number of alkyl halides is 2. The molecule has 0 unspecified atom stereocenters. The van der Waals surface area contributed by atoms with Crippen LogP contribution in [0.15, 0.2) is 24.3 Å². The lowest BCUT2D eigenvalue weighted by Crippen LogP contribution is -2.55. The molecule has 3 fully saturated rings. The maximum atomic E-state index is 13.3. The molecule has 2 saturated heterocycles. The second-order valence-corrected chi connectivity index (χ2v) is 11.7. The summed E-state index contributed by atoms with van der Waals surface area (Å²) in [4.78, 5) is 29.5. The Labute approximate surface area is 218 Å². The molecule has 2 bridgehead atoms. The van der Waals surface area contributed by atoms with E-state index in [-0.39, 0.29) is 24.4 Å². The summed E-state index contributed by atoms with van der Waals surface area (Å²) in [6.45, 7) is 6.60. The third-order valence-electron chi connectivity index (χ3n) is 7.81. The van der Waals surface area contributed by atoms with Crippen LogP contribution in [0.5, 0.6) is 0 Å². The van der Waals surface area contributed by atoms with E-state index in [1.165, 1.54) is 5.56 Å². The minimum Gasteiger partial charge on any atom is -0.444 e. The molecule has 0 spiro atoms. The van der Waals surface area contributed by atoms with E-state index in [1.54, 1.807) is 4.90 Å². The molecule has 37 heavy (non-hydrogen) atoms. The van der Waals surface area contributed by atoms with Crippen LogP contribution in [-0.2, 0) is 16.0 Å². The zero-order chi connectivity index (χ0) is 26.7. The minimum atomic E-state index is -2.30. The second-order valence-electron chi connectivity index (χ2n) is 11.7. The van der Waals surface area contributed by atoms with Gasteiger partial charge in [-0.1, -0.05) is 24.3 Å². The molecule has 2 aliphatic heterocycles. The van der Waals surface area contributed by atoms with Crippen LogP contribution in [0.3, 0.4) is 0 Å². The molecule has 0 aromatic heterocycles. The first kappa shape index (κ1) is 27.3. The Balaban J connectivity index is 1.33. The molecule has 1 aromatic carbocycles. The Bertz CT molecular complexity index is 996. The van der Waals surface area contributed by atoms with Gasteiger partial charge in [-0.3, -0.25) is 14.6 Å². The smallest absolute Gasteiger partial charge is 0.411 e. The summed E-state index contributed by atoms with van der Waals surface area (Å²) in [5.74, 6) is 0.131. The van der Waals surface area contributed by atoms with Gasteiger partial charge in [-0.2, -0.15) is 5.26 Å². The SMILES string of the molecule is CC(C)(C)OC(=O)N1[C@@H]2CC[C@@H](C2)[C@H]1C(=O)N[C@H](C#N)Cc1ccc(C2CCN(CC(F)F)CC2)cc1. The third kappa shape index (κ3) is 6.78. The summed E-state index contributed by atoms with van der Waals surface area (Å²) in [6, 6.07) is 8.91. The van der Waals surface area contributed by atoms with E-state index in [2.05, 4.69) is 11.4 Å². The molecule has 1 aliphatic carbocycles. The number of amides is 2. The quantitative estimate of drug-likeness (QED) is 0.578. The fraction of sp³-hybridized carbons (Fsp3) is 0.679. The zero-order valence-electron chi connectivity index (χ0n) is 22.0. The number of benzene rings is 1. The van der Waals surface area contributed by atoms with Gasteiger partial charge in [-0.05, 0) is 88.9 Å². The molecule has 1 N–H and O–H groups in total. The van der Waals surface area contributed by atoms with Gasteiger partial charge in [0.1, 0.15) is 17.7 Å². The molecule has 4 atom stereocenters. The maximum Gasteiger partial charge on any atom is 0.411 e. The summed E-state index contributed by atoms with van der Waals surface area (Å²) in [7, 11) is 0. The molecular weight excluding hydrogens is 478 g/mol. The molecule has 2 heterocycles. The summed E-state index contributed by atoms with van der Waals surface area (Å²) >= 11 is 0. The number of carbonyl (C=O) groups excluding carboxylic acids is 2. The summed E-state index contributed by atoms with van der Waals surface area (Å²) in [6.07, 6.45) is 1.84. The Morgan fingerprint density at radius 1 is 1.14 bits per heavy atom. The van der Waals surface area contributed by atoms with Crippen LogP contribution in [-0.4, -0.2) is 71.6 Å². The lowest BCUT2D eigenvalue weighted by molar-refractivity contribution is -0.128. The van der Waals surface area contributed by atoms with Gasteiger partial charge in [-0.15, -0.1) is 0 Å². The number of hydrogen-bond acceptors (Lipinski definition) is 5. The Morgan fingerprint density at radius 2 is 1.81 bits per heavy atom. The van der Waals surface area contributed by atoms with Crippen molar-refractivity contribution in [3.8, 4) is 6.07 Å². The van der Waals surface area contributed by atoms with Crippen molar-refractivity contribution in [2.24, 2.45) is 5.92 Å². The predicted octanol–water partition coefficient (Wildman–Crippen LogP) is 4.47. The van der Waals surface area contributed by atoms with Gasteiger partial charge in [0.05, 0.1) is 12.6 Å². The molecule has 1 saturated carbocycles. The van der Waals surface area contributed by atoms with Crippen molar-refractivity contribution in [2.75, 3.05) is 19.6 Å². The van der Waals surface area contributed by atoms with Crippen LogP contribution in [0.4, 0.5) is 13.6 Å². The molecular formula is C28H38F2N4O3. The first-order valence-corrected chi connectivity index (χ1v) is 13.3. The molecule has 7 nitrogen and oxygen atoms in total. The highest BCUT2D eigenvalue weighted by atomic mass is 19.3. The standard InChI is InChI=1S/C28H38F2N4O3/c1-28(2,3)37-27(36)34-23-9-8-21(15-23)25(34)26(35)32-22(16-31)14-18-4-6-19(7-5-18)20-10-12-33(13-11-20)17-24(29)30/h4-7,20-25H,8-15,17H2,1-3H3,(H,32,35)/t21-,22-,23+,25-/m0/s1. The number of hydrogen-bond donors (Lipinski definition) is 1. The lowest BCUT2D eigenvalue weighted by Gasteiger charge is -2.35. The molecule has 1 aromatic rings. The fourth-order valence-corrected chi connectivity index (χ4v) is 6.09. The summed E-state index contributed by atoms with van der Waals surface area (Å²) in [5, 5.41) is 12.6. The fourth-order valence-electron chi connectivity index (χ4n) is 6.09. The Morgan fingerprint density at radius 3 is 2.41 bits per heavy atom. The normalized spacial score (nSPS) is 25.2. The average molecular weight is 517 g/mol. The number of fused-ring (bicyclic) bond motifs is 2. The van der Waals surface area contributed by atoms with E-state index in [9.17, 15) is 23.6 Å². The Hall–Kier alpha value is -2.73. The monoisotopic (exact) mass is 516 g/mol. The van der Waals surface area contributed by atoms with Crippen molar-refractivity contribution in [3.63, 3.8) is 0 Å². The highest BCUT2D eigenvalue weighted by Crippen LogP contribution is 2.43. The van der Waals surface area contributed by atoms with Gasteiger partial charge < -0.3 is 10.1 Å². The van der Waals surface area contributed by atoms with Crippen LogP contribution in [0.1, 0.15) is 69.9 Å². The summed E-state index contributed by atoms with van der Waals surface area (Å²) in [5.41, 5.74) is 1.46. The van der Waals surface area contributed by atoms with Crippen molar-refractivity contribution in [2.45, 2.75) is 95.4 Å². The molecule has 202 valence electrons. The van der Waals surface area contributed by atoms with E-state index < -0.39 is 30.2 Å². The van der Waals surface area contributed by atoms with E-state index in [1.807, 2.05) is 49.9 Å². The van der Waals surface area contributed by atoms with E-state index in [0.29, 0.717) is 25.4 Å². The van der Waals surface area contributed by atoms with Crippen molar-refractivity contribution in [3.05, 3.63) is 35.4 Å². The molecule has 2 amide bonds. The van der Waals surface area contributed by atoms with Crippen LogP contribution in [0, 0.1) is 17.2 Å². The predicted molar refractivity (Wildman–Crippen MR) is 135 cm³/mol. The van der Waals surface area contributed by atoms with Gasteiger partial charge in [0.25, 0.3) is 6.43 Å². The first-order valence-electron chi connectivity index (χ1n) is 13.3. The topological polar surface area (TPSA) is 85.7 Å². The number of ether oxygens (including phenoxy) is 1. The number of nitrogens with zero attached hydrogens (tertiary/aromatic N) is 3. The molecule has 4 rings (SSSR count). The number of nitriles is 1. The van der Waals surface area contributed by atoms with E-state index >= 15 is 0 Å². The van der Waals surface area contributed by atoms with Crippen LogP contribution in [0.25, 0.3) is 0 Å². The second kappa shape index (κ2) is 11.3. The lowest BCUT2D eigenvalue weighted by atomic mass is 9.88. The average Bonchev–Trinajstić information content (AvgIpc) is 3.45. The highest BCUT2D eigenvalue weighted by molar-refractivity contribution is 5.87. The number of halogens is 2. The van der Waals surface area contributed by atoms with Crippen LogP contribution < -0.4 is 5.32 Å². The number of piperidine rings is 2.